The fraction of sp³-hybridized carbons (Fsp3) is 0.714. The van der Waals surface area contributed by atoms with Crippen molar-refractivity contribution in [2.45, 2.75) is 25.7 Å². The van der Waals surface area contributed by atoms with Gasteiger partial charge >= 0.3 is 0 Å². The molecule has 0 saturated carbocycles. The molecule has 5 heteroatoms. The smallest absolute Gasteiger partial charge is 0.151 e. The summed E-state index contributed by atoms with van der Waals surface area (Å²) in [7, 11) is 0. The minimum atomic E-state index is 0. The molecule has 0 aromatic rings. The molecule has 0 atom stereocenters. The maximum Gasteiger partial charge on any atom is 0.151 e. The summed E-state index contributed by atoms with van der Waals surface area (Å²) in [6.07, 6.45) is 3.72. The molecule has 0 unspecified atom stereocenters. The van der Waals surface area contributed by atoms with E-state index in [1.165, 1.54) is 11.8 Å². The first-order valence-electron chi connectivity index (χ1n) is 3.61. The Kier molecular flexibility index (Phi) is 12.5. The Hall–Kier alpha value is -0.400. The normalized spacial score (nSPS) is 8.25. The fourth-order valence-electron chi connectivity index (χ4n) is 0.665. The van der Waals surface area contributed by atoms with Crippen molar-refractivity contribution in [2.24, 2.45) is 5.73 Å². The van der Waals surface area contributed by atoms with E-state index < -0.39 is 0 Å². The zero-order chi connectivity index (χ0) is 8.53. The highest BCUT2D eigenvalue weighted by molar-refractivity contribution is 8.13. The van der Waals surface area contributed by atoms with Crippen LogP contribution in [-0.4, -0.2) is 10.9 Å². The Morgan fingerprint density at radius 3 is 2.58 bits per heavy atom. The van der Waals surface area contributed by atoms with E-state index in [-0.39, 0.29) is 17.6 Å². The molecular weight excluding hydrogens is 194 g/mol. The predicted molar refractivity (Wildman–Crippen MR) is 55.7 cm³/mol. The van der Waals surface area contributed by atoms with Crippen molar-refractivity contribution in [2.75, 3.05) is 5.75 Å². The molecule has 0 aromatic heterocycles. The number of unbranched alkanes of at least 4 members (excludes halogenated alkanes) is 3. The number of rotatable bonds is 5. The van der Waals surface area contributed by atoms with Gasteiger partial charge in [-0.15, -0.1) is 12.4 Å². The lowest BCUT2D eigenvalue weighted by molar-refractivity contribution is 0.740. The third-order valence-electron chi connectivity index (χ3n) is 1.19. The third-order valence-corrected chi connectivity index (χ3v) is 1.99. The molecule has 0 saturated heterocycles. The number of nitrogens with zero attached hydrogens (tertiary/aromatic N) is 1. The first-order chi connectivity index (χ1) is 5.27. The minimum absolute atomic E-state index is 0. The minimum Gasteiger partial charge on any atom is -0.379 e. The number of nitriles is 1. The molecule has 3 N–H and O–H groups in total. The van der Waals surface area contributed by atoms with E-state index in [4.69, 9.17) is 16.4 Å². The van der Waals surface area contributed by atoms with E-state index >= 15 is 0 Å². The van der Waals surface area contributed by atoms with Gasteiger partial charge in [0.05, 0.1) is 6.07 Å². The Bertz CT molecular complexity index is 155. The number of nitrogens with one attached hydrogen (secondary N) is 1. The van der Waals surface area contributed by atoms with Crippen LogP contribution in [0.2, 0.25) is 0 Å². The quantitative estimate of drug-likeness (QED) is 0.412. The highest BCUT2D eigenvalue weighted by Crippen LogP contribution is 2.05. The second-order valence-corrected chi connectivity index (χ2v) is 3.32. The average Bonchev–Trinajstić information content (AvgIpc) is 1.96. The Morgan fingerprint density at radius 1 is 1.42 bits per heavy atom. The van der Waals surface area contributed by atoms with Gasteiger partial charge < -0.3 is 5.73 Å². The molecular formula is C7H14ClN3S. The van der Waals surface area contributed by atoms with E-state index in [1.54, 1.807) is 0 Å². The second-order valence-electron chi connectivity index (χ2n) is 2.18. The lowest BCUT2D eigenvalue weighted by Gasteiger charge is -1.96. The molecule has 0 aliphatic rings. The molecule has 0 bridgehead atoms. The van der Waals surface area contributed by atoms with Crippen LogP contribution < -0.4 is 5.73 Å². The molecule has 0 aromatic carbocycles. The number of amidine groups is 1. The summed E-state index contributed by atoms with van der Waals surface area (Å²) < 4.78 is 0. The number of nitrogens with two attached hydrogens (primary N) is 1. The first kappa shape index (κ1) is 14.1. The highest BCUT2D eigenvalue weighted by atomic mass is 35.5. The molecule has 0 amide bonds. The van der Waals surface area contributed by atoms with Crippen molar-refractivity contribution < 1.29 is 0 Å². The standard InChI is InChI=1S/C7H13N3S.ClH/c8-5-3-1-2-4-6-11-7(9)10;/h1-4,6H2,(H3,9,10);1H. The number of thioether (sulfide) groups is 1. The van der Waals surface area contributed by atoms with Crippen LogP contribution in [0, 0.1) is 16.7 Å². The van der Waals surface area contributed by atoms with Gasteiger partial charge in [-0.3, -0.25) is 5.41 Å². The molecule has 70 valence electrons. The summed E-state index contributed by atoms with van der Waals surface area (Å²) in [6, 6.07) is 2.09. The number of hydrogen-bond acceptors (Lipinski definition) is 3. The van der Waals surface area contributed by atoms with Crippen molar-refractivity contribution in [1.82, 2.24) is 0 Å². The van der Waals surface area contributed by atoms with E-state index in [9.17, 15) is 0 Å². The summed E-state index contributed by atoms with van der Waals surface area (Å²) in [5.41, 5.74) is 5.13. The van der Waals surface area contributed by atoms with E-state index in [0.717, 1.165) is 25.0 Å². The van der Waals surface area contributed by atoms with Crippen LogP contribution >= 0.6 is 24.2 Å². The van der Waals surface area contributed by atoms with E-state index in [0.29, 0.717) is 6.42 Å². The van der Waals surface area contributed by atoms with Crippen LogP contribution in [0.3, 0.4) is 0 Å². The van der Waals surface area contributed by atoms with Crippen molar-refractivity contribution in [1.29, 1.82) is 10.7 Å². The SMILES string of the molecule is Cl.N#CCCCCCSC(=N)N. The zero-order valence-electron chi connectivity index (χ0n) is 6.88. The van der Waals surface area contributed by atoms with Gasteiger partial charge in [0.15, 0.2) is 5.17 Å². The molecule has 0 radical (unpaired) electrons. The fourth-order valence-corrected chi connectivity index (χ4v) is 1.23. The predicted octanol–water partition coefficient (Wildman–Crippen LogP) is 2.12. The van der Waals surface area contributed by atoms with Crippen molar-refractivity contribution in [3.05, 3.63) is 0 Å². The van der Waals surface area contributed by atoms with E-state index in [2.05, 4.69) is 6.07 Å². The maximum absolute atomic E-state index is 8.20. The Balaban J connectivity index is 0. The molecule has 0 aliphatic carbocycles. The van der Waals surface area contributed by atoms with E-state index in [1.807, 2.05) is 0 Å². The monoisotopic (exact) mass is 207 g/mol. The van der Waals surface area contributed by atoms with Crippen LogP contribution in [0.5, 0.6) is 0 Å². The van der Waals surface area contributed by atoms with Gasteiger partial charge in [-0.1, -0.05) is 18.2 Å². The van der Waals surface area contributed by atoms with Crippen LogP contribution in [0.4, 0.5) is 0 Å². The summed E-state index contributed by atoms with van der Waals surface area (Å²) in [6.45, 7) is 0. The zero-order valence-corrected chi connectivity index (χ0v) is 8.51. The van der Waals surface area contributed by atoms with Crippen LogP contribution in [0.15, 0.2) is 0 Å². The lowest BCUT2D eigenvalue weighted by atomic mass is 10.2. The largest absolute Gasteiger partial charge is 0.379 e. The highest BCUT2D eigenvalue weighted by Gasteiger charge is 1.91. The van der Waals surface area contributed by atoms with Crippen LogP contribution in [0.25, 0.3) is 0 Å². The topological polar surface area (TPSA) is 73.7 Å². The number of hydrogen-bond donors (Lipinski definition) is 2. The molecule has 12 heavy (non-hydrogen) atoms. The summed E-state index contributed by atoms with van der Waals surface area (Å²) in [4.78, 5) is 0. The molecule has 3 nitrogen and oxygen atoms in total. The summed E-state index contributed by atoms with van der Waals surface area (Å²) in [5, 5.41) is 15.3. The van der Waals surface area contributed by atoms with Gasteiger partial charge in [0, 0.05) is 12.2 Å². The van der Waals surface area contributed by atoms with Crippen molar-refractivity contribution in [3.8, 4) is 6.07 Å². The van der Waals surface area contributed by atoms with Crippen molar-refractivity contribution in [3.63, 3.8) is 0 Å². The molecule has 0 aliphatic heterocycles. The van der Waals surface area contributed by atoms with Crippen LogP contribution in [0.1, 0.15) is 25.7 Å². The second kappa shape index (κ2) is 10.6. The van der Waals surface area contributed by atoms with Crippen molar-refractivity contribution >= 4 is 29.3 Å². The average molecular weight is 208 g/mol. The lowest BCUT2D eigenvalue weighted by Crippen LogP contribution is -2.04. The third kappa shape index (κ3) is 12.3. The molecule has 0 heterocycles. The Labute approximate surface area is 83.6 Å². The summed E-state index contributed by atoms with van der Waals surface area (Å²) in [5.74, 6) is 0.904. The van der Waals surface area contributed by atoms with Gasteiger partial charge in [-0.25, -0.2) is 0 Å². The summed E-state index contributed by atoms with van der Waals surface area (Å²) >= 11 is 1.37. The maximum atomic E-state index is 8.20. The van der Waals surface area contributed by atoms with Crippen LogP contribution in [-0.2, 0) is 0 Å². The molecule has 0 spiro atoms. The number of halogens is 1. The molecule has 0 rings (SSSR count). The Morgan fingerprint density at radius 2 is 2.08 bits per heavy atom. The van der Waals surface area contributed by atoms with Gasteiger partial charge in [0.1, 0.15) is 0 Å². The van der Waals surface area contributed by atoms with Gasteiger partial charge in [-0.2, -0.15) is 5.26 Å². The first-order valence-corrected chi connectivity index (χ1v) is 4.59. The van der Waals surface area contributed by atoms with Gasteiger partial charge in [-0.05, 0) is 12.8 Å². The van der Waals surface area contributed by atoms with Gasteiger partial charge in [0.2, 0.25) is 0 Å². The van der Waals surface area contributed by atoms with Gasteiger partial charge in [0.25, 0.3) is 0 Å². The molecule has 0 fully saturated rings.